The number of ketones is 1. The second-order valence-electron chi connectivity index (χ2n) is 5.98. The third-order valence-electron chi connectivity index (χ3n) is 3.25. The molecule has 1 aliphatic heterocycles. The van der Waals surface area contributed by atoms with E-state index in [1.807, 2.05) is 0 Å². The first-order valence-corrected chi connectivity index (χ1v) is 5.81. The maximum absolute atomic E-state index is 12.0. The lowest BCUT2D eigenvalue weighted by Crippen LogP contribution is -3.20. The SMILES string of the molecule is CC1=C(C(C)C)C(=O)C[NH+](C(C)(C)C)C1. The van der Waals surface area contributed by atoms with Crippen LogP contribution in [-0.4, -0.2) is 24.4 Å². The average Bonchev–Trinajstić information content (AvgIpc) is 1.99. The third kappa shape index (κ3) is 2.69. The summed E-state index contributed by atoms with van der Waals surface area (Å²) < 4.78 is 0. The molecular formula is C13H24NO+. The zero-order valence-electron chi connectivity index (χ0n) is 10.9. The predicted octanol–water partition coefficient (Wildman–Crippen LogP) is 1.22. The van der Waals surface area contributed by atoms with Gasteiger partial charge in [-0.05, 0) is 39.2 Å². The molecular weight excluding hydrogens is 186 g/mol. The fourth-order valence-electron chi connectivity index (χ4n) is 2.35. The van der Waals surface area contributed by atoms with Crippen molar-refractivity contribution in [2.75, 3.05) is 13.1 Å². The van der Waals surface area contributed by atoms with Gasteiger partial charge in [0.15, 0.2) is 0 Å². The molecule has 0 aromatic heterocycles. The molecule has 2 nitrogen and oxygen atoms in total. The van der Waals surface area contributed by atoms with Crippen molar-refractivity contribution < 1.29 is 9.69 Å². The molecule has 1 unspecified atom stereocenters. The minimum atomic E-state index is 0.166. The quantitative estimate of drug-likeness (QED) is 0.690. The molecule has 1 atom stereocenters. The molecule has 1 aliphatic rings. The molecule has 0 fully saturated rings. The minimum Gasteiger partial charge on any atom is -0.321 e. The normalized spacial score (nSPS) is 23.9. The largest absolute Gasteiger partial charge is 0.321 e. The lowest BCUT2D eigenvalue weighted by molar-refractivity contribution is -0.935. The first-order chi connectivity index (χ1) is 6.73. The van der Waals surface area contributed by atoms with Crippen molar-refractivity contribution in [3.05, 3.63) is 11.1 Å². The maximum atomic E-state index is 12.0. The van der Waals surface area contributed by atoms with Crippen LogP contribution in [0.1, 0.15) is 41.5 Å². The van der Waals surface area contributed by atoms with Crippen LogP contribution in [0.2, 0.25) is 0 Å². The van der Waals surface area contributed by atoms with Gasteiger partial charge in [0, 0.05) is 5.57 Å². The van der Waals surface area contributed by atoms with Gasteiger partial charge in [0.05, 0.1) is 12.1 Å². The topological polar surface area (TPSA) is 21.5 Å². The van der Waals surface area contributed by atoms with Crippen molar-refractivity contribution in [2.24, 2.45) is 5.92 Å². The monoisotopic (exact) mass is 210 g/mol. The average molecular weight is 210 g/mol. The number of carbonyl (C=O) groups is 1. The molecule has 1 N–H and O–H groups in total. The van der Waals surface area contributed by atoms with Crippen LogP contribution in [0, 0.1) is 5.92 Å². The molecule has 0 radical (unpaired) electrons. The van der Waals surface area contributed by atoms with Crippen molar-refractivity contribution in [3.63, 3.8) is 0 Å². The highest BCUT2D eigenvalue weighted by Gasteiger charge is 2.34. The molecule has 0 saturated heterocycles. The molecule has 1 rings (SSSR count). The van der Waals surface area contributed by atoms with Crippen LogP contribution in [0.15, 0.2) is 11.1 Å². The number of hydrogen-bond acceptors (Lipinski definition) is 1. The van der Waals surface area contributed by atoms with Crippen molar-refractivity contribution in [1.82, 2.24) is 0 Å². The highest BCUT2D eigenvalue weighted by molar-refractivity contribution is 5.97. The van der Waals surface area contributed by atoms with Crippen molar-refractivity contribution in [1.29, 1.82) is 0 Å². The van der Waals surface area contributed by atoms with E-state index in [-0.39, 0.29) is 5.54 Å². The van der Waals surface area contributed by atoms with E-state index in [2.05, 4.69) is 41.5 Å². The number of carbonyl (C=O) groups excluding carboxylic acids is 1. The van der Waals surface area contributed by atoms with E-state index in [1.165, 1.54) is 10.5 Å². The number of quaternary nitrogens is 1. The summed E-state index contributed by atoms with van der Waals surface area (Å²) in [7, 11) is 0. The van der Waals surface area contributed by atoms with Gasteiger partial charge in [-0.3, -0.25) is 4.79 Å². The summed E-state index contributed by atoms with van der Waals surface area (Å²) in [6.45, 7) is 14.6. The van der Waals surface area contributed by atoms with Crippen LogP contribution in [0.4, 0.5) is 0 Å². The summed E-state index contributed by atoms with van der Waals surface area (Å²) in [6.07, 6.45) is 0. The first kappa shape index (κ1) is 12.4. The van der Waals surface area contributed by atoms with Crippen LogP contribution in [-0.2, 0) is 4.79 Å². The summed E-state index contributed by atoms with van der Waals surface area (Å²) in [4.78, 5) is 13.4. The molecule has 0 aliphatic carbocycles. The number of hydrogen-bond donors (Lipinski definition) is 1. The summed E-state index contributed by atoms with van der Waals surface area (Å²) in [5, 5.41) is 0. The molecule has 2 heteroatoms. The second kappa shape index (κ2) is 4.09. The number of rotatable bonds is 1. The molecule has 0 aromatic rings. The van der Waals surface area contributed by atoms with Gasteiger partial charge in [-0.25, -0.2) is 0 Å². The van der Waals surface area contributed by atoms with E-state index >= 15 is 0 Å². The van der Waals surface area contributed by atoms with Crippen LogP contribution in [0.25, 0.3) is 0 Å². The second-order valence-corrected chi connectivity index (χ2v) is 5.98. The Hall–Kier alpha value is -0.630. The van der Waals surface area contributed by atoms with Crippen LogP contribution in [0.3, 0.4) is 0 Å². The summed E-state index contributed by atoms with van der Waals surface area (Å²) in [5.41, 5.74) is 2.52. The fourth-order valence-corrected chi connectivity index (χ4v) is 2.35. The van der Waals surface area contributed by atoms with E-state index in [0.29, 0.717) is 18.2 Å². The Morgan fingerprint density at radius 3 is 2.07 bits per heavy atom. The molecule has 0 spiro atoms. The molecule has 15 heavy (non-hydrogen) atoms. The van der Waals surface area contributed by atoms with Crippen molar-refractivity contribution in [3.8, 4) is 0 Å². The molecule has 0 amide bonds. The van der Waals surface area contributed by atoms with Gasteiger partial charge in [-0.1, -0.05) is 13.8 Å². The third-order valence-corrected chi connectivity index (χ3v) is 3.25. The lowest BCUT2D eigenvalue weighted by Gasteiger charge is -2.36. The van der Waals surface area contributed by atoms with Gasteiger partial charge < -0.3 is 4.90 Å². The van der Waals surface area contributed by atoms with Gasteiger partial charge in [0.2, 0.25) is 5.78 Å². The van der Waals surface area contributed by atoms with E-state index in [9.17, 15) is 4.79 Å². The zero-order chi connectivity index (χ0) is 11.8. The zero-order valence-corrected chi connectivity index (χ0v) is 10.9. The van der Waals surface area contributed by atoms with Gasteiger partial charge in [0.1, 0.15) is 6.54 Å². The number of Topliss-reactive ketones (excluding diaryl/α,β-unsaturated/α-hetero) is 1. The van der Waals surface area contributed by atoms with Gasteiger partial charge in [-0.15, -0.1) is 0 Å². The lowest BCUT2D eigenvalue weighted by atomic mass is 9.89. The molecule has 86 valence electrons. The standard InChI is InChI=1S/C13H23NO/c1-9(2)12-10(3)7-14(8-11(12)15)13(4,5)6/h9H,7-8H2,1-6H3/p+1. The van der Waals surface area contributed by atoms with Gasteiger partial charge in [0.25, 0.3) is 0 Å². The predicted molar refractivity (Wildman–Crippen MR) is 63.0 cm³/mol. The minimum absolute atomic E-state index is 0.166. The van der Waals surface area contributed by atoms with Crippen LogP contribution >= 0.6 is 0 Å². The Morgan fingerprint density at radius 2 is 1.73 bits per heavy atom. The molecule has 1 heterocycles. The summed E-state index contributed by atoms with van der Waals surface area (Å²) in [6, 6.07) is 0. The van der Waals surface area contributed by atoms with E-state index in [1.54, 1.807) is 0 Å². The molecule has 0 bridgehead atoms. The smallest absolute Gasteiger partial charge is 0.213 e. The van der Waals surface area contributed by atoms with E-state index in [0.717, 1.165) is 12.1 Å². The van der Waals surface area contributed by atoms with Crippen LogP contribution < -0.4 is 4.90 Å². The van der Waals surface area contributed by atoms with Gasteiger partial charge >= 0.3 is 0 Å². The summed E-state index contributed by atoms with van der Waals surface area (Å²) in [5.74, 6) is 0.720. The highest BCUT2D eigenvalue weighted by atomic mass is 16.1. The van der Waals surface area contributed by atoms with Crippen LogP contribution in [0.5, 0.6) is 0 Å². The van der Waals surface area contributed by atoms with E-state index in [4.69, 9.17) is 0 Å². The maximum Gasteiger partial charge on any atom is 0.213 e. The fraction of sp³-hybridized carbons (Fsp3) is 0.769. The molecule has 0 saturated carbocycles. The Bertz CT molecular complexity index is 294. The highest BCUT2D eigenvalue weighted by Crippen LogP contribution is 2.17. The van der Waals surface area contributed by atoms with E-state index < -0.39 is 0 Å². The van der Waals surface area contributed by atoms with Crippen molar-refractivity contribution >= 4 is 5.78 Å². The Labute approximate surface area is 93.3 Å². The van der Waals surface area contributed by atoms with Gasteiger partial charge in [-0.2, -0.15) is 0 Å². The number of nitrogens with one attached hydrogen (secondary N) is 1. The Morgan fingerprint density at radius 1 is 1.20 bits per heavy atom. The Kier molecular flexibility index (Phi) is 3.39. The first-order valence-electron chi connectivity index (χ1n) is 5.81. The van der Waals surface area contributed by atoms with Crippen molar-refractivity contribution in [2.45, 2.75) is 47.1 Å². The summed E-state index contributed by atoms with van der Waals surface area (Å²) >= 11 is 0. The molecule has 0 aromatic carbocycles. The Balaban J connectivity index is 2.95.